The van der Waals surface area contributed by atoms with Gasteiger partial charge >= 0.3 is 5.97 Å². The molecule has 2 aromatic rings. The van der Waals surface area contributed by atoms with Gasteiger partial charge in [-0.05, 0) is 18.9 Å². The van der Waals surface area contributed by atoms with Crippen LogP contribution in [-0.4, -0.2) is 36.8 Å². The summed E-state index contributed by atoms with van der Waals surface area (Å²) in [5, 5.41) is 22.2. The Morgan fingerprint density at radius 2 is 2.24 bits per heavy atom. The highest BCUT2D eigenvalue weighted by Crippen LogP contribution is 2.29. The van der Waals surface area contributed by atoms with Crippen LogP contribution < -0.4 is 0 Å². The molecule has 2 aromatic heterocycles. The lowest BCUT2D eigenvalue weighted by atomic mass is 10.2. The summed E-state index contributed by atoms with van der Waals surface area (Å²) in [6.45, 7) is 7.22. The number of carboxylic acids is 1. The third-order valence-electron chi connectivity index (χ3n) is 2.69. The minimum atomic E-state index is -0.796. The molecule has 1 N–H and O–H groups in total. The van der Waals surface area contributed by atoms with Crippen molar-refractivity contribution in [2.45, 2.75) is 38.1 Å². The van der Waals surface area contributed by atoms with E-state index in [0.29, 0.717) is 11.7 Å². The van der Waals surface area contributed by atoms with Gasteiger partial charge in [0.05, 0.1) is 6.42 Å². The van der Waals surface area contributed by atoms with Gasteiger partial charge in [-0.3, -0.25) is 9.48 Å². The van der Waals surface area contributed by atoms with Gasteiger partial charge in [-0.2, -0.15) is 5.10 Å². The fraction of sp³-hybridized carbons (Fsp3) is 0.538. The molecule has 0 atom stereocenters. The minimum absolute atomic E-state index is 0.127. The van der Waals surface area contributed by atoms with Crippen LogP contribution in [0.15, 0.2) is 10.4 Å². The summed E-state index contributed by atoms with van der Waals surface area (Å²) in [5.41, 5.74) is 1.93. The zero-order valence-corrected chi connectivity index (χ0v) is 13.9. The topological polar surface area (TPSA) is 80.9 Å². The molecule has 6 nitrogen and oxygen atoms in total. The highest BCUT2D eigenvalue weighted by Gasteiger charge is 2.13. The van der Waals surface area contributed by atoms with Crippen LogP contribution in [0.4, 0.5) is 0 Å². The Morgan fingerprint density at radius 3 is 2.90 bits per heavy atom. The first kappa shape index (κ1) is 16.0. The maximum absolute atomic E-state index is 10.5. The molecular weight excluding hydrogens is 308 g/mol. The van der Waals surface area contributed by atoms with Crippen LogP contribution in [0.25, 0.3) is 10.7 Å². The third-order valence-corrected chi connectivity index (χ3v) is 4.77. The Hall–Kier alpha value is -1.41. The molecule has 21 heavy (non-hydrogen) atoms. The van der Waals surface area contributed by atoms with Gasteiger partial charge in [-0.25, -0.2) is 0 Å². The van der Waals surface area contributed by atoms with E-state index in [0.717, 1.165) is 27.3 Å². The molecule has 114 valence electrons. The number of thioether (sulfide) groups is 1. The quantitative estimate of drug-likeness (QED) is 0.788. The molecule has 0 unspecified atom stereocenters. The lowest BCUT2D eigenvalue weighted by Gasteiger charge is -2.06. The van der Waals surface area contributed by atoms with Crippen molar-refractivity contribution in [3.8, 4) is 10.7 Å². The van der Waals surface area contributed by atoms with E-state index in [1.807, 2.05) is 17.7 Å². The summed E-state index contributed by atoms with van der Waals surface area (Å²) in [7, 11) is 0. The number of nitrogens with zero attached hydrogens (tertiary/aromatic N) is 4. The molecule has 0 radical (unpaired) electrons. The van der Waals surface area contributed by atoms with Gasteiger partial charge in [0, 0.05) is 18.0 Å². The molecular formula is C13H18N4O2S2. The molecule has 0 saturated heterocycles. The van der Waals surface area contributed by atoms with Crippen LogP contribution >= 0.6 is 23.1 Å². The summed E-state index contributed by atoms with van der Waals surface area (Å²) in [5.74, 6) is 0.244. The molecule has 0 fully saturated rings. The molecule has 0 aliphatic rings. The molecule has 2 heterocycles. The number of hydrogen-bond donors (Lipinski definition) is 1. The van der Waals surface area contributed by atoms with E-state index >= 15 is 0 Å². The highest BCUT2D eigenvalue weighted by atomic mass is 32.2. The van der Waals surface area contributed by atoms with Gasteiger partial charge in [0.2, 0.25) is 0 Å². The zero-order chi connectivity index (χ0) is 15.4. The number of carbonyl (C=O) groups is 1. The fourth-order valence-corrected chi connectivity index (χ4v) is 3.55. The molecule has 0 spiro atoms. The van der Waals surface area contributed by atoms with Crippen molar-refractivity contribution in [3.63, 3.8) is 0 Å². The van der Waals surface area contributed by atoms with Gasteiger partial charge in [0.15, 0.2) is 9.35 Å². The molecule has 0 bridgehead atoms. The summed E-state index contributed by atoms with van der Waals surface area (Å²) in [4.78, 5) is 10.5. The van der Waals surface area contributed by atoms with Gasteiger partial charge in [0.25, 0.3) is 0 Å². The predicted octanol–water partition coefficient (Wildman–Crippen LogP) is 2.93. The van der Waals surface area contributed by atoms with Gasteiger partial charge < -0.3 is 5.11 Å². The summed E-state index contributed by atoms with van der Waals surface area (Å²) in [6, 6.07) is 2.01. The second kappa shape index (κ2) is 7.04. The maximum Gasteiger partial charge on any atom is 0.304 e. The number of carboxylic acid groups (broad SMARTS) is 1. The third kappa shape index (κ3) is 4.53. The smallest absolute Gasteiger partial charge is 0.304 e. The number of aryl methyl sites for hydroxylation is 1. The van der Waals surface area contributed by atoms with Crippen molar-refractivity contribution in [1.82, 2.24) is 20.0 Å². The second-order valence-corrected chi connectivity index (χ2v) is 7.43. The first-order valence-electron chi connectivity index (χ1n) is 6.68. The van der Waals surface area contributed by atoms with E-state index in [9.17, 15) is 4.79 Å². The molecule has 0 saturated carbocycles. The SMILES string of the molecule is Cc1cc(-c2nnc(SCCC(=O)O)s2)nn1CC(C)C. The van der Waals surface area contributed by atoms with E-state index in [1.165, 1.54) is 23.1 Å². The van der Waals surface area contributed by atoms with Crippen LogP contribution in [0.5, 0.6) is 0 Å². The van der Waals surface area contributed by atoms with E-state index in [-0.39, 0.29) is 6.42 Å². The standard InChI is InChI=1S/C13H18N4O2S2/c1-8(2)7-17-9(3)6-10(16-17)12-14-15-13(21-12)20-5-4-11(18)19/h6,8H,4-5,7H2,1-3H3,(H,18,19). The van der Waals surface area contributed by atoms with Crippen LogP contribution in [0.3, 0.4) is 0 Å². The van der Waals surface area contributed by atoms with Crippen molar-refractivity contribution in [1.29, 1.82) is 0 Å². The van der Waals surface area contributed by atoms with Crippen molar-refractivity contribution >= 4 is 29.1 Å². The van der Waals surface area contributed by atoms with Crippen molar-refractivity contribution < 1.29 is 9.90 Å². The number of aromatic nitrogens is 4. The summed E-state index contributed by atoms with van der Waals surface area (Å²) < 4.78 is 2.76. The van der Waals surface area contributed by atoms with Crippen LogP contribution in [0.1, 0.15) is 26.0 Å². The molecule has 0 aromatic carbocycles. The van der Waals surface area contributed by atoms with Crippen LogP contribution in [0.2, 0.25) is 0 Å². The average Bonchev–Trinajstić information content (AvgIpc) is 2.96. The first-order valence-corrected chi connectivity index (χ1v) is 8.49. The van der Waals surface area contributed by atoms with Crippen LogP contribution in [0, 0.1) is 12.8 Å². The summed E-state index contributed by atoms with van der Waals surface area (Å²) >= 11 is 2.87. The van der Waals surface area contributed by atoms with E-state index in [4.69, 9.17) is 5.11 Å². The summed E-state index contributed by atoms with van der Waals surface area (Å²) in [6.07, 6.45) is 0.127. The van der Waals surface area contributed by atoms with Crippen molar-refractivity contribution in [2.24, 2.45) is 5.92 Å². The first-order chi connectivity index (χ1) is 9.95. The number of aliphatic carboxylic acids is 1. The minimum Gasteiger partial charge on any atom is -0.481 e. The Bertz CT molecular complexity index is 621. The number of rotatable bonds is 7. The Balaban J connectivity index is 2.05. The molecule has 0 aliphatic carbocycles. The maximum atomic E-state index is 10.5. The Labute approximate surface area is 131 Å². The fourth-order valence-electron chi connectivity index (χ4n) is 1.74. The normalized spacial score (nSPS) is 11.2. The van der Waals surface area contributed by atoms with Gasteiger partial charge in [0.1, 0.15) is 5.69 Å². The Morgan fingerprint density at radius 1 is 1.48 bits per heavy atom. The molecule has 2 rings (SSSR count). The molecule has 0 aliphatic heterocycles. The second-order valence-electron chi connectivity index (χ2n) is 5.11. The highest BCUT2D eigenvalue weighted by molar-refractivity contribution is 8.01. The van der Waals surface area contributed by atoms with E-state index in [2.05, 4.69) is 29.1 Å². The number of hydrogen-bond acceptors (Lipinski definition) is 6. The molecule has 8 heteroatoms. The van der Waals surface area contributed by atoms with Gasteiger partial charge in [-0.15, -0.1) is 10.2 Å². The largest absolute Gasteiger partial charge is 0.481 e. The van der Waals surface area contributed by atoms with E-state index in [1.54, 1.807) is 0 Å². The molecule has 0 amide bonds. The van der Waals surface area contributed by atoms with E-state index < -0.39 is 5.97 Å². The lowest BCUT2D eigenvalue weighted by molar-refractivity contribution is -0.136. The predicted molar refractivity (Wildman–Crippen MR) is 83.7 cm³/mol. The van der Waals surface area contributed by atoms with Crippen LogP contribution in [-0.2, 0) is 11.3 Å². The monoisotopic (exact) mass is 326 g/mol. The Kier molecular flexibility index (Phi) is 5.35. The van der Waals surface area contributed by atoms with Gasteiger partial charge in [-0.1, -0.05) is 36.9 Å². The average molecular weight is 326 g/mol. The van der Waals surface area contributed by atoms with Crippen molar-refractivity contribution in [3.05, 3.63) is 11.8 Å². The van der Waals surface area contributed by atoms with Crippen molar-refractivity contribution in [2.75, 3.05) is 5.75 Å². The lowest BCUT2D eigenvalue weighted by Crippen LogP contribution is -2.07. The zero-order valence-electron chi connectivity index (χ0n) is 12.2.